The number of alkyl halides is 1. The summed E-state index contributed by atoms with van der Waals surface area (Å²) in [5, 5.41) is 0. The number of nitrogens with zero attached hydrogens (tertiary/aromatic N) is 1. The molecule has 2 aliphatic rings. The molecule has 0 radical (unpaired) electrons. The maximum atomic E-state index is 12.6. The normalized spacial score (nSPS) is 26.1. The minimum atomic E-state index is -3.36. The van der Waals surface area contributed by atoms with E-state index in [0.717, 1.165) is 12.8 Å². The van der Waals surface area contributed by atoms with Crippen molar-refractivity contribution in [3.8, 4) is 5.75 Å². The lowest BCUT2D eigenvalue weighted by atomic mass is 10.1. The molecule has 0 spiro atoms. The third kappa shape index (κ3) is 2.54. The van der Waals surface area contributed by atoms with Gasteiger partial charge in [-0.15, -0.1) is 11.6 Å². The maximum Gasteiger partial charge on any atom is 0.243 e. The molecule has 2 unspecified atom stereocenters. The van der Waals surface area contributed by atoms with Gasteiger partial charge in [0.15, 0.2) is 0 Å². The highest BCUT2D eigenvalue weighted by molar-refractivity contribution is 7.89. The van der Waals surface area contributed by atoms with Crippen molar-refractivity contribution in [1.29, 1.82) is 0 Å². The SMILES string of the molecule is O=S(=O)(c1ccc(OCCCl)cc1)N1CC2CCC1C2. The molecule has 1 saturated carbocycles. The van der Waals surface area contributed by atoms with E-state index in [1.54, 1.807) is 28.6 Å². The van der Waals surface area contributed by atoms with Gasteiger partial charge in [-0.1, -0.05) is 0 Å². The lowest BCUT2D eigenvalue weighted by molar-refractivity contribution is 0.333. The highest BCUT2D eigenvalue weighted by Crippen LogP contribution is 2.40. The van der Waals surface area contributed by atoms with Crippen molar-refractivity contribution in [1.82, 2.24) is 4.31 Å². The fourth-order valence-electron chi connectivity index (χ4n) is 3.17. The second-order valence-corrected chi connectivity index (χ2v) is 7.68. The average molecular weight is 316 g/mol. The first-order valence-corrected chi connectivity index (χ1v) is 8.89. The van der Waals surface area contributed by atoms with E-state index in [2.05, 4.69) is 0 Å². The summed E-state index contributed by atoms with van der Waals surface area (Å²) in [5.41, 5.74) is 0. The number of fused-ring (bicyclic) bond motifs is 2. The molecule has 20 heavy (non-hydrogen) atoms. The van der Waals surface area contributed by atoms with Crippen molar-refractivity contribution in [2.24, 2.45) is 5.92 Å². The van der Waals surface area contributed by atoms with Gasteiger partial charge in [-0.05, 0) is 49.4 Å². The molecule has 3 rings (SSSR count). The number of rotatable bonds is 5. The topological polar surface area (TPSA) is 46.6 Å². The summed E-state index contributed by atoms with van der Waals surface area (Å²) in [6, 6.07) is 6.81. The van der Waals surface area contributed by atoms with E-state index in [1.165, 1.54) is 6.42 Å². The molecular formula is C14H18ClNO3S. The van der Waals surface area contributed by atoms with Gasteiger partial charge < -0.3 is 4.74 Å². The monoisotopic (exact) mass is 315 g/mol. The Morgan fingerprint density at radius 1 is 1.25 bits per heavy atom. The number of sulfonamides is 1. The summed E-state index contributed by atoms with van der Waals surface area (Å²) >= 11 is 5.55. The lowest BCUT2D eigenvalue weighted by Gasteiger charge is -2.26. The Morgan fingerprint density at radius 2 is 2.00 bits per heavy atom. The fraction of sp³-hybridized carbons (Fsp3) is 0.571. The van der Waals surface area contributed by atoms with E-state index in [-0.39, 0.29) is 6.04 Å². The van der Waals surface area contributed by atoms with Crippen LogP contribution < -0.4 is 4.74 Å². The second kappa shape index (κ2) is 5.54. The molecular weight excluding hydrogens is 298 g/mol. The zero-order chi connectivity index (χ0) is 14.2. The van der Waals surface area contributed by atoms with E-state index in [1.807, 2.05) is 0 Å². The predicted octanol–water partition coefficient (Wildman–Crippen LogP) is 2.48. The van der Waals surface area contributed by atoms with E-state index in [4.69, 9.17) is 16.3 Å². The highest BCUT2D eigenvalue weighted by atomic mass is 35.5. The third-order valence-corrected chi connectivity index (χ3v) is 6.22. The molecule has 1 saturated heterocycles. The standard InChI is InChI=1S/C14H18ClNO3S/c15-7-8-19-13-3-5-14(6-4-13)20(17,18)16-10-11-1-2-12(16)9-11/h3-6,11-12H,1-2,7-10H2. The molecule has 2 bridgehead atoms. The Balaban J connectivity index is 1.77. The van der Waals surface area contributed by atoms with Crippen molar-refractivity contribution in [2.45, 2.75) is 30.2 Å². The molecule has 0 aromatic heterocycles. The van der Waals surface area contributed by atoms with Gasteiger partial charge in [0.2, 0.25) is 10.0 Å². The Bertz CT molecular complexity index is 573. The molecule has 4 nitrogen and oxygen atoms in total. The van der Waals surface area contributed by atoms with Crippen molar-refractivity contribution >= 4 is 21.6 Å². The van der Waals surface area contributed by atoms with E-state index in [0.29, 0.717) is 35.6 Å². The van der Waals surface area contributed by atoms with Gasteiger partial charge in [0.25, 0.3) is 0 Å². The molecule has 1 aliphatic heterocycles. The molecule has 2 fully saturated rings. The largest absolute Gasteiger partial charge is 0.492 e. The molecule has 2 atom stereocenters. The minimum Gasteiger partial charge on any atom is -0.492 e. The van der Waals surface area contributed by atoms with Crippen LogP contribution in [0.1, 0.15) is 19.3 Å². The van der Waals surface area contributed by atoms with Gasteiger partial charge in [0.05, 0.1) is 10.8 Å². The molecule has 110 valence electrons. The van der Waals surface area contributed by atoms with Crippen LogP contribution in [-0.2, 0) is 10.0 Å². The summed E-state index contributed by atoms with van der Waals surface area (Å²) in [6.45, 7) is 1.10. The second-order valence-electron chi connectivity index (χ2n) is 5.42. The third-order valence-electron chi connectivity index (χ3n) is 4.14. The molecule has 0 N–H and O–H groups in total. The van der Waals surface area contributed by atoms with Crippen LogP contribution in [0.5, 0.6) is 5.75 Å². The number of benzene rings is 1. The van der Waals surface area contributed by atoms with Crippen molar-refractivity contribution in [3.05, 3.63) is 24.3 Å². The van der Waals surface area contributed by atoms with E-state index < -0.39 is 10.0 Å². The van der Waals surface area contributed by atoms with Crippen LogP contribution in [0.4, 0.5) is 0 Å². The van der Waals surface area contributed by atoms with Crippen LogP contribution in [-0.4, -0.2) is 37.8 Å². The van der Waals surface area contributed by atoms with Crippen molar-refractivity contribution in [2.75, 3.05) is 19.0 Å². The molecule has 0 amide bonds. The Kier molecular flexibility index (Phi) is 3.93. The van der Waals surface area contributed by atoms with Gasteiger partial charge in [-0.3, -0.25) is 0 Å². The van der Waals surface area contributed by atoms with E-state index >= 15 is 0 Å². The van der Waals surface area contributed by atoms with Crippen LogP contribution >= 0.6 is 11.6 Å². The quantitative estimate of drug-likeness (QED) is 0.784. The van der Waals surface area contributed by atoms with Crippen molar-refractivity contribution < 1.29 is 13.2 Å². The number of hydrogen-bond acceptors (Lipinski definition) is 3. The summed E-state index contributed by atoms with van der Waals surface area (Å²) in [5.74, 6) is 1.62. The van der Waals surface area contributed by atoms with E-state index in [9.17, 15) is 8.42 Å². The summed E-state index contributed by atoms with van der Waals surface area (Å²) < 4.78 is 32.3. The predicted molar refractivity (Wildman–Crippen MR) is 77.7 cm³/mol. The summed E-state index contributed by atoms with van der Waals surface area (Å²) in [7, 11) is -3.36. The number of piperidine rings is 1. The van der Waals surface area contributed by atoms with Crippen LogP contribution in [0.25, 0.3) is 0 Å². The number of hydrogen-bond donors (Lipinski definition) is 0. The molecule has 1 heterocycles. The van der Waals surface area contributed by atoms with Gasteiger partial charge in [0, 0.05) is 12.6 Å². The Morgan fingerprint density at radius 3 is 2.55 bits per heavy atom. The van der Waals surface area contributed by atoms with Gasteiger partial charge in [-0.25, -0.2) is 8.42 Å². The van der Waals surface area contributed by atoms with Crippen LogP contribution in [0.3, 0.4) is 0 Å². The number of halogens is 1. The molecule has 1 aromatic carbocycles. The van der Waals surface area contributed by atoms with Crippen LogP contribution in [0, 0.1) is 5.92 Å². The Labute approximate surface area is 124 Å². The minimum absolute atomic E-state index is 0.206. The molecule has 1 aliphatic carbocycles. The molecule has 1 aromatic rings. The summed E-state index contributed by atoms with van der Waals surface area (Å²) in [6.07, 6.45) is 3.19. The fourth-order valence-corrected chi connectivity index (χ4v) is 4.99. The van der Waals surface area contributed by atoms with Crippen LogP contribution in [0.15, 0.2) is 29.2 Å². The van der Waals surface area contributed by atoms with Crippen LogP contribution in [0.2, 0.25) is 0 Å². The number of ether oxygens (including phenoxy) is 1. The average Bonchev–Trinajstić information content (AvgIpc) is 3.08. The zero-order valence-electron chi connectivity index (χ0n) is 11.2. The first kappa shape index (κ1) is 14.2. The maximum absolute atomic E-state index is 12.6. The highest BCUT2D eigenvalue weighted by Gasteiger charge is 2.44. The first-order valence-electron chi connectivity index (χ1n) is 6.92. The van der Waals surface area contributed by atoms with Gasteiger partial charge in [-0.2, -0.15) is 4.31 Å². The molecule has 6 heteroatoms. The van der Waals surface area contributed by atoms with Gasteiger partial charge in [0.1, 0.15) is 12.4 Å². The van der Waals surface area contributed by atoms with Crippen molar-refractivity contribution in [3.63, 3.8) is 0 Å². The zero-order valence-corrected chi connectivity index (χ0v) is 12.7. The lowest BCUT2D eigenvalue weighted by Crippen LogP contribution is -2.37. The van der Waals surface area contributed by atoms with Gasteiger partial charge >= 0.3 is 0 Å². The Hall–Kier alpha value is -0.780. The first-order chi connectivity index (χ1) is 9.61. The smallest absolute Gasteiger partial charge is 0.243 e. The summed E-state index contributed by atoms with van der Waals surface area (Å²) in [4.78, 5) is 0.350.